The summed E-state index contributed by atoms with van der Waals surface area (Å²) in [6, 6.07) is 0. The molecule has 2 fully saturated rings. The molecule has 0 aromatic carbocycles. The minimum Gasteiger partial charge on any atom is -0.313 e. The highest BCUT2D eigenvalue weighted by atomic mass is 16.5. The SMILES string of the molecule is C.C.C.C.C.C.C.C.CCCC1CC(C)(C)N(O)C(C)(C)C1.CCCC1CC(C)(C)N(O)C(C)(C)C1. The van der Waals surface area contributed by atoms with Gasteiger partial charge < -0.3 is 10.4 Å². The van der Waals surface area contributed by atoms with Crippen LogP contribution < -0.4 is 0 Å². The summed E-state index contributed by atoms with van der Waals surface area (Å²) in [6.07, 6.45) is 9.54. The van der Waals surface area contributed by atoms with Gasteiger partial charge in [0, 0.05) is 22.2 Å². The molecule has 0 unspecified atom stereocenters. The third kappa shape index (κ3) is 14.7. The van der Waals surface area contributed by atoms with Crippen LogP contribution >= 0.6 is 0 Å². The van der Waals surface area contributed by atoms with Crippen molar-refractivity contribution in [1.29, 1.82) is 0 Å². The molecule has 0 aromatic heterocycles. The van der Waals surface area contributed by atoms with E-state index in [-0.39, 0.29) is 81.6 Å². The Labute approximate surface area is 234 Å². The van der Waals surface area contributed by atoms with Crippen molar-refractivity contribution < 1.29 is 10.4 Å². The van der Waals surface area contributed by atoms with Gasteiger partial charge in [-0.15, -0.1) is 0 Å². The molecule has 2 saturated heterocycles. The van der Waals surface area contributed by atoms with Crippen molar-refractivity contribution in [2.24, 2.45) is 11.8 Å². The maximum atomic E-state index is 10.1. The molecule has 0 aromatic rings. The maximum absolute atomic E-state index is 10.1. The van der Waals surface area contributed by atoms with E-state index in [0.29, 0.717) is 0 Å². The highest BCUT2D eigenvalue weighted by Gasteiger charge is 2.45. The van der Waals surface area contributed by atoms with Crippen molar-refractivity contribution in [3.8, 4) is 0 Å². The number of rotatable bonds is 4. The average Bonchev–Trinajstić information content (AvgIpc) is 2.50. The quantitative estimate of drug-likeness (QED) is 0.382. The van der Waals surface area contributed by atoms with Gasteiger partial charge in [0.1, 0.15) is 0 Å². The van der Waals surface area contributed by atoms with Crippen molar-refractivity contribution in [2.75, 3.05) is 0 Å². The van der Waals surface area contributed by atoms with Gasteiger partial charge in [0.05, 0.1) is 0 Å². The van der Waals surface area contributed by atoms with Gasteiger partial charge >= 0.3 is 0 Å². The highest BCUT2D eigenvalue weighted by Crippen LogP contribution is 2.42. The second kappa shape index (κ2) is 20.8. The lowest BCUT2D eigenvalue weighted by atomic mass is 9.74. The molecule has 0 saturated carbocycles. The fraction of sp³-hybridized carbons (Fsp3) is 1.00. The smallest absolute Gasteiger partial charge is 0.0413 e. The Morgan fingerprint density at radius 2 is 0.639 bits per heavy atom. The van der Waals surface area contributed by atoms with Crippen LogP contribution in [0.5, 0.6) is 0 Å². The predicted molar refractivity (Wildman–Crippen MR) is 173 cm³/mol. The molecule has 2 heterocycles. The van der Waals surface area contributed by atoms with Gasteiger partial charge in [0.25, 0.3) is 0 Å². The molecule has 232 valence electrons. The summed E-state index contributed by atoms with van der Waals surface area (Å²) in [5.41, 5.74) is -0.271. The maximum Gasteiger partial charge on any atom is 0.0413 e. The van der Waals surface area contributed by atoms with Crippen LogP contribution in [-0.2, 0) is 0 Å². The Balaban J connectivity index is -0.0000000594. The second-order valence-electron chi connectivity index (χ2n) is 12.0. The summed E-state index contributed by atoms with van der Waals surface area (Å²) in [7, 11) is 0. The van der Waals surface area contributed by atoms with E-state index in [1.807, 2.05) is 0 Å². The molecule has 4 heteroatoms. The van der Waals surface area contributed by atoms with Crippen LogP contribution in [0, 0.1) is 11.8 Å². The van der Waals surface area contributed by atoms with E-state index < -0.39 is 0 Å². The molecule has 0 atom stereocenters. The van der Waals surface area contributed by atoms with Crippen molar-refractivity contribution in [3.05, 3.63) is 0 Å². The lowest BCUT2D eigenvalue weighted by molar-refractivity contribution is -0.251. The topological polar surface area (TPSA) is 46.9 Å². The van der Waals surface area contributed by atoms with Crippen LogP contribution in [0.2, 0.25) is 0 Å². The predicted octanol–water partition coefficient (Wildman–Crippen LogP) is 12.0. The van der Waals surface area contributed by atoms with E-state index in [2.05, 4.69) is 69.2 Å². The molecule has 36 heavy (non-hydrogen) atoms. The van der Waals surface area contributed by atoms with Crippen LogP contribution in [0.3, 0.4) is 0 Å². The second-order valence-corrected chi connectivity index (χ2v) is 12.0. The van der Waals surface area contributed by atoms with E-state index >= 15 is 0 Å². The standard InChI is InChI=1S/2C12H25NO.8CH4/c2*1-6-7-10-8-11(2,3)13(14)12(4,5)9-10;;;;;;;;/h2*10,14H,6-9H2,1-5H3;8*1H4. The summed E-state index contributed by atoms with van der Waals surface area (Å²) in [4.78, 5) is 0. The van der Waals surface area contributed by atoms with Gasteiger partial charge in [-0.25, -0.2) is 0 Å². The molecular formula is C32H82N2O2. The summed E-state index contributed by atoms with van der Waals surface area (Å²) in [5.74, 6) is 1.54. The van der Waals surface area contributed by atoms with E-state index in [9.17, 15) is 10.4 Å². The van der Waals surface area contributed by atoms with Crippen molar-refractivity contribution in [1.82, 2.24) is 10.1 Å². The van der Waals surface area contributed by atoms with Gasteiger partial charge in [-0.3, -0.25) is 0 Å². The van der Waals surface area contributed by atoms with Crippen LogP contribution in [-0.4, -0.2) is 42.7 Å². The molecule has 2 rings (SSSR count). The molecule has 0 aliphatic carbocycles. The Morgan fingerprint density at radius 1 is 0.472 bits per heavy atom. The number of nitrogens with zero attached hydrogens (tertiary/aromatic N) is 2. The van der Waals surface area contributed by atoms with Crippen molar-refractivity contribution in [3.63, 3.8) is 0 Å². The lowest BCUT2D eigenvalue weighted by Gasteiger charge is -2.51. The van der Waals surface area contributed by atoms with Crippen molar-refractivity contribution >= 4 is 0 Å². The molecule has 0 spiro atoms. The fourth-order valence-electron chi connectivity index (χ4n) is 6.18. The van der Waals surface area contributed by atoms with E-state index in [1.165, 1.54) is 25.7 Å². The number of hydrogen-bond donors (Lipinski definition) is 2. The third-order valence-corrected chi connectivity index (χ3v) is 6.84. The van der Waals surface area contributed by atoms with Crippen LogP contribution in [0.4, 0.5) is 0 Å². The number of piperidine rings is 2. The minimum absolute atomic E-state index is 0. The van der Waals surface area contributed by atoms with Crippen LogP contribution in [0.15, 0.2) is 0 Å². The minimum atomic E-state index is -0.0679. The van der Waals surface area contributed by atoms with Gasteiger partial charge in [0.2, 0.25) is 0 Å². The van der Waals surface area contributed by atoms with Gasteiger partial charge in [-0.05, 0) is 92.9 Å². The first-order valence-corrected chi connectivity index (χ1v) is 11.6. The molecule has 0 bridgehead atoms. The highest BCUT2D eigenvalue weighted by molar-refractivity contribution is 4.96. The average molecular weight is 527 g/mol. The van der Waals surface area contributed by atoms with Gasteiger partial charge in [-0.2, -0.15) is 10.1 Å². The van der Waals surface area contributed by atoms with Gasteiger partial charge in [-0.1, -0.05) is 98.9 Å². The summed E-state index contributed by atoms with van der Waals surface area (Å²) < 4.78 is 0. The first kappa shape index (κ1) is 56.1. The molecule has 0 radical (unpaired) electrons. The Hall–Kier alpha value is -0.160. The number of hydroxylamine groups is 4. The van der Waals surface area contributed by atoms with Crippen LogP contribution in [0.1, 0.15) is 180 Å². The van der Waals surface area contributed by atoms with E-state index in [4.69, 9.17) is 0 Å². The first-order valence-electron chi connectivity index (χ1n) is 11.6. The number of hydrogen-bond acceptors (Lipinski definition) is 4. The Kier molecular flexibility index (Phi) is 32.4. The van der Waals surface area contributed by atoms with E-state index in [1.54, 1.807) is 10.1 Å². The molecular weight excluding hydrogens is 444 g/mol. The van der Waals surface area contributed by atoms with E-state index in [0.717, 1.165) is 37.5 Å². The molecule has 2 aliphatic heterocycles. The summed E-state index contributed by atoms with van der Waals surface area (Å²) >= 11 is 0. The molecule has 0 amide bonds. The Bertz CT molecular complexity index is 407. The summed E-state index contributed by atoms with van der Waals surface area (Å²) in [6.45, 7) is 21.6. The molecule has 4 nitrogen and oxygen atoms in total. The zero-order valence-electron chi connectivity index (χ0n) is 20.6. The third-order valence-electron chi connectivity index (χ3n) is 6.84. The normalized spacial score (nSPS) is 21.7. The van der Waals surface area contributed by atoms with Crippen molar-refractivity contribution in [2.45, 2.75) is 202 Å². The Morgan fingerprint density at radius 3 is 0.778 bits per heavy atom. The zero-order chi connectivity index (χ0) is 22.0. The largest absolute Gasteiger partial charge is 0.313 e. The lowest BCUT2D eigenvalue weighted by Crippen LogP contribution is -2.58. The first-order chi connectivity index (χ1) is 12.6. The fourth-order valence-corrected chi connectivity index (χ4v) is 6.18. The molecule has 2 aliphatic rings. The molecule has 2 N–H and O–H groups in total. The summed E-state index contributed by atoms with van der Waals surface area (Å²) in [5, 5.41) is 23.3. The van der Waals surface area contributed by atoms with Crippen LogP contribution in [0.25, 0.3) is 0 Å². The van der Waals surface area contributed by atoms with Gasteiger partial charge in [0.15, 0.2) is 0 Å². The monoisotopic (exact) mass is 527 g/mol. The zero-order valence-corrected chi connectivity index (χ0v) is 20.6.